The molecule has 0 spiro atoms. The molecule has 0 saturated carbocycles. The summed E-state index contributed by atoms with van der Waals surface area (Å²) in [4.78, 5) is 35.4. The van der Waals surface area contributed by atoms with Crippen LogP contribution in [0, 0.1) is 0 Å². The molecule has 4 rings (SSSR count). The Morgan fingerprint density at radius 2 is 1.66 bits per heavy atom. The molecule has 6 unspecified atom stereocenters. The molecule has 0 aliphatic carbocycles. The third-order valence-corrected chi connectivity index (χ3v) is 6.83. The van der Waals surface area contributed by atoms with Crippen molar-refractivity contribution in [3.63, 3.8) is 0 Å². The first kappa shape index (κ1) is 32.5. The van der Waals surface area contributed by atoms with Gasteiger partial charge < -0.3 is 53.1 Å². The van der Waals surface area contributed by atoms with E-state index < -0.39 is 61.4 Å². The number of nitrogens with one attached hydrogen (secondary N) is 1. The van der Waals surface area contributed by atoms with Crippen molar-refractivity contribution < 1.29 is 62.1 Å². The summed E-state index contributed by atoms with van der Waals surface area (Å²) in [6.45, 7) is 0.655. The van der Waals surface area contributed by atoms with Gasteiger partial charge in [0.2, 0.25) is 12.2 Å². The summed E-state index contributed by atoms with van der Waals surface area (Å²) in [7, 11) is 5.74. The number of methoxy groups -OCH3 is 4. The molecule has 2 aliphatic rings. The summed E-state index contributed by atoms with van der Waals surface area (Å²) in [6, 6.07) is 9.05. The number of benzene rings is 2. The van der Waals surface area contributed by atoms with Gasteiger partial charge in [-0.05, 0) is 35.9 Å². The average Bonchev–Trinajstić information content (AvgIpc) is 3.02. The van der Waals surface area contributed by atoms with Crippen LogP contribution in [0.2, 0.25) is 0 Å². The zero-order valence-corrected chi connectivity index (χ0v) is 24.8. The Bertz CT molecular complexity index is 1360. The van der Waals surface area contributed by atoms with Gasteiger partial charge in [-0.3, -0.25) is 4.79 Å². The topological polar surface area (TPSA) is 167 Å². The highest BCUT2D eigenvalue weighted by Gasteiger charge is 2.52. The second-order valence-corrected chi connectivity index (χ2v) is 9.70. The molecule has 0 radical (unpaired) electrons. The van der Waals surface area contributed by atoms with Crippen LogP contribution in [0.1, 0.15) is 24.3 Å². The van der Waals surface area contributed by atoms with Gasteiger partial charge in [-0.2, -0.15) is 0 Å². The van der Waals surface area contributed by atoms with E-state index in [1.54, 1.807) is 42.5 Å². The van der Waals surface area contributed by atoms with Crippen molar-refractivity contribution in [1.82, 2.24) is 5.32 Å². The fraction of sp³-hybridized carbons (Fsp3) is 0.433. The fourth-order valence-corrected chi connectivity index (χ4v) is 4.84. The van der Waals surface area contributed by atoms with E-state index in [1.807, 2.05) is 0 Å². The number of hydrogen-bond donors (Lipinski definition) is 2. The molecule has 0 bridgehead atoms. The van der Waals surface area contributed by atoms with E-state index in [0.29, 0.717) is 28.4 Å². The molecule has 2 heterocycles. The lowest BCUT2D eigenvalue weighted by Crippen LogP contribution is -2.68. The van der Waals surface area contributed by atoms with Gasteiger partial charge in [0.1, 0.15) is 31.0 Å². The Labute approximate surface area is 253 Å². The van der Waals surface area contributed by atoms with Crippen molar-refractivity contribution in [2.45, 2.75) is 43.9 Å². The molecule has 2 aliphatic heterocycles. The molecule has 2 aromatic carbocycles. The van der Waals surface area contributed by atoms with Crippen molar-refractivity contribution in [3.05, 3.63) is 53.6 Å². The summed E-state index contributed by atoms with van der Waals surface area (Å²) in [5.41, 5.74) is 1.24. The molecular formula is C30H35NO13. The highest BCUT2D eigenvalue weighted by Crippen LogP contribution is 2.39. The molecule has 6 atom stereocenters. The number of amides is 1. The van der Waals surface area contributed by atoms with Crippen LogP contribution in [0.25, 0.3) is 6.08 Å². The fourth-order valence-electron chi connectivity index (χ4n) is 4.84. The van der Waals surface area contributed by atoms with Gasteiger partial charge in [0, 0.05) is 18.6 Å². The van der Waals surface area contributed by atoms with E-state index in [2.05, 4.69) is 10.1 Å². The van der Waals surface area contributed by atoms with Crippen LogP contribution in [0.5, 0.6) is 23.0 Å². The largest absolute Gasteiger partial charge is 0.493 e. The minimum absolute atomic E-state index is 0.0255. The standard InChI is InChI=1S/C30H35NO13/c1-16(32)31-26-28(40-15-24(33)34)27-23(14-41-29(44-27)18-8-10-19(36-2)22(13-18)38-4)43-30(26)42-20-9-6-17(12-21(20)37-3)7-11-25(35)39-5/h6-13,23,26-30H,14-15H2,1-5H3,(H,31,32)(H,33,34). The maximum absolute atomic E-state index is 12.3. The van der Waals surface area contributed by atoms with Gasteiger partial charge in [-0.25, -0.2) is 9.59 Å². The summed E-state index contributed by atoms with van der Waals surface area (Å²) in [5.74, 6) is -0.645. The van der Waals surface area contributed by atoms with Crippen molar-refractivity contribution in [3.8, 4) is 23.0 Å². The van der Waals surface area contributed by atoms with Gasteiger partial charge in [0.05, 0.1) is 35.0 Å². The minimum atomic E-state index is -1.21. The summed E-state index contributed by atoms with van der Waals surface area (Å²) >= 11 is 0. The van der Waals surface area contributed by atoms with Crippen molar-refractivity contribution in [2.24, 2.45) is 0 Å². The Kier molecular flexibility index (Phi) is 11.0. The molecule has 2 fully saturated rings. The number of aliphatic carboxylic acids is 1. The van der Waals surface area contributed by atoms with Crippen LogP contribution in [0.15, 0.2) is 42.5 Å². The van der Waals surface area contributed by atoms with Crippen LogP contribution in [-0.4, -0.2) is 95.2 Å². The highest BCUT2D eigenvalue weighted by atomic mass is 16.8. The normalized spacial score (nSPS) is 24.6. The van der Waals surface area contributed by atoms with Crippen LogP contribution in [-0.2, 0) is 38.1 Å². The maximum atomic E-state index is 12.3. The number of carboxylic acid groups (broad SMARTS) is 1. The molecular weight excluding hydrogens is 582 g/mol. The monoisotopic (exact) mass is 617 g/mol. The minimum Gasteiger partial charge on any atom is -0.493 e. The van der Waals surface area contributed by atoms with Crippen molar-refractivity contribution in [1.29, 1.82) is 0 Å². The molecule has 0 aromatic heterocycles. The Hall–Kier alpha value is -4.37. The number of carbonyl (C=O) groups excluding carboxylic acids is 2. The van der Waals surface area contributed by atoms with E-state index in [-0.39, 0.29) is 12.4 Å². The first-order valence-electron chi connectivity index (χ1n) is 13.5. The summed E-state index contributed by atoms with van der Waals surface area (Å²) < 4.78 is 51.3. The Morgan fingerprint density at radius 3 is 2.32 bits per heavy atom. The van der Waals surface area contributed by atoms with Crippen LogP contribution in [0.3, 0.4) is 0 Å². The first-order chi connectivity index (χ1) is 21.2. The van der Waals surface area contributed by atoms with E-state index in [1.165, 1.54) is 41.4 Å². The Morgan fingerprint density at radius 1 is 0.955 bits per heavy atom. The van der Waals surface area contributed by atoms with Gasteiger partial charge in [-0.15, -0.1) is 0 Å². The molecule has 1 amide bonds. The van der Waals surface area contributed by atoms with E-state index in [4.69, 9.17) is 37.9 Å². The molecule has 2 saturated heterocycles. The van der Waals surface area contributed by atoms with E-state index >= 15 is 0 Å². The number of fused-ring (bicyclic) bond motifs is 1. The highest BCUT2D eigenvalue weighted by molar-refractivity contribution is 5.87. The lowest BCUT2D eigenvalue weighted by atomic mass is 9.95. The third kappa shape index (κ3) is 7.77. The molecule has 238 valence electrons. The van der Waals surface area contributed by atoms with Gasteiger partial charge in [0.25, 0.3) is 0 Å². The number of hydrogen-bond acceptors (Lipinski definition) is 12. The van der Waals surface area contributed by atoms with Crippen molar-refractivity contribution in [2.75, 3.05) is 41.7 Å². The zero-order valence-electron chi connectivity index (χ0n) is 24.8. The average molecular weight is 618 g/mol. The van der Waals surface area contributed by atoms with Gasteiger partial charge >= 0.3 is 11.9 Å². The number of carbonyl (C=O) groups is 3. The lowest BCUT2D eigenvalue weighted by molar-refractivity contribution is -0.337. The number of carboxylic acids is 1. The predicted octanol–water partition coefficient (Wildman–Crippen LogP) is 2.09. The lowest BCUT2D eigenvalue weighted by Gasteiger charge is -2.49. The van der Waals surface area contributed by atoms with Crippen LogP contribution >= 0.6 is 0 Å². The predicted molar refractivity (Wildman–Crippen MR) is 151 cm³/mol. The van der Waals surface area contributed by atoms with E-state index in [9.17, 15) is 19.5 Å². The second kappa shape index (κ2) is 14.9. The maximum Gasteiger partial charge on any atom is 0.330 e. The molecule has 2 N–H and O–H groups in total. The third-order valence-electron chi connectivity index (χ3n) is 6.83. The summed E-state index contributed by atoms with van der Waals surface area (Å²) in [5, 5.41) is 12.2. The van der Waals surface area contributed by atoms with Gasteiger partial charge in [-0.1, -0.05) is 12.1 Å². The van der Waals surface area contributed by atoms with Crippen LogP contribution < -0.4 is 24.3 Å². The SMILES string of the molecule is COC(=O)C=Cc1ccc(OC2OC3COC(c4ccc(OC)c(OC)c4)OC3C(OCC(=O)O)C2NC(C)=O)c(OC)c1. The second-order valence-electron chi connectivity index (χ2n) is 9.70. The number of esters is 1. The molecule has 14 nitrogen and oxygen atoms in total. The summed E-state index contributed by atoms with van der Waals surface area (Å²) in [6.07, 6.45) is -1.93. The number of rotatable bonds is 12. The Balaban J connectivity index is 1.63. The zero-order chi connectivity index (χ0) is 31.8. The molecule has 14 heteroatoms. The van der Waals surface area contributed by atoms with Gasteiger partial charge in [0.15, 0.2) is 29.3 Å². The van der Waals surface area contributed by atoms with Crippen LogP contribution in [0.4, 0.5) is 0 Å². The smallest absolute Gasteiger partial charge is 0.330 e. The quantitative estimate of drug-likeness (QED) is 0.263. The molecule has 2 aromatic rings. The molecule has 44 heavy (non-hydrogen) atoms. The number of ether oxygens (including phenoxy) is 9. The first-order valence-corrected chi connectivity index (χ1v) is 13.5. The van der Waals surface area contributed by atoms with Crippen molar-refractivity contribution >= 4 is 23.9 Å². The van der Waals surface area contributed by atoms with E-state index in [0.717, 1.165) is 0 Å².